The number of benzene rings is 2. The second-order valence-corrected chi connectivity index (χ2v) is 6.43. The lowest BCUT2D eigenvalue weighted by Crippen LogP contribution is -2.27. The number of rotatable bonds is 2. The van der Waals surface area contributed by atoms with Gasteiger partial charge in [0.05, 0.1) is 16.2 Å². The fourth-order valence-electron chi connectivity index (χ4n) is 2.48. The first kappa shape index (κ1) is 17.3. The van der Waals surface area contributed by atoms with Gasteiger partial charge in [0, 0.05) is 0 Å². The summed E-state index contributed by atoms with van der Waals surface area (Å²) in [6, 6.07) is 11.7. The third kappa shape index (κ3) is 3.46. The summed E-state index contributed by atoms with van der Waals surface area (Å²) < 4.78 is 39.3. The van der Waals surface area contributed by atoms with Crippen LogP contribution in [0.4, 0.5) is 23.7 Å². The largest absolute Gasteiger partial charge is 0.416 e. The lowest BCUT2D eigenvalue weighted by atomic mass is 10.1. The Hall–Kier alpha value is -2.54. The van der Waals surface area contributed by atoms with Gasteiger partial charge >= 0.3 is 6.18 Å². The van der Waals surface area contributed by atoms with Gasteiger partial charge in [-0.05, 0) is 54.1 Å². The predicted octanol–water partition coefficient (Wildman–Crippen LogP) is 5.25. The van der Waals surface area contributed by atoms with Crippen molar-refractivity contribution >= 4 is 34.7 Å². The molecule has 25 heavy (non-hydrogen) atoms. The van der Waals surface area contributed by atoms with E-state index in [1.807, 2.05) is 13.0 Å². The maximum Gasteiger partial charge on any atom is 0.416 e. The van der Waals surface area contributed by atoms with Gasteiger partial charge in [0.2, 0.25) is 0 Å². The van der Waals surface area contributed by atoms with Gasteiger partial charge in [-0.15, -0.1) is 0 Å². The van der Waals surface area contributed by atoms with Gasteiger partial charge in [-0.3, -0.25) is 9.59 Å². The number of halogens is 3. The van der Waals surface area contributed by atoms with Crippen LogP contribution in [0.25, 0.3) is 6.08 Å². The molecule has 0 radical (unpaired) electrons. The molecule has 0 unspecified atom stereocenters. The molecule has 0 aliphatic carbocycles. The Labute approximate surface area is 146 Å². The number of hydrogen-bond donors (Lipinski definition) is 0. The normalized spacial score (nSPS) is 16.8. The number of amides is 2. The van der Waals surface area contributed by atoms with Gasteiger partial charge in [-0.1, -0.05) is 30.3 Å². The molecule has 3 rings (SSSR count). The van der Waals surface area contributed by atoms with Crippen LogP contribution >= 0.6 is 11.8 Å². The van der Waals surface area contributed by atoms with Crippen molar-refractivity contribution in [1.29, 1.82) is 0 Å². The van der Waals surface area contributed by atoms with Crippen molar-refractivity contribution in [3.8, 4) is 0 Å². The van der Waals surface area contributed by atoms with Crippen LogP contribution in [0.15, 0.2) is 53.4 Å². The summed E-state index contributed by atoms with van der Waals surface area (Å²) in [4.78, 5) is 25.6. The molecule has 2 aromatic carbocycles. The van der Waals surface area contributed by atoms with Gasteiger partial charge < -0.3 is 0 Å². The zero-order chi connectivity index (χ0) is 18.2. The molecule has 1 saturated heterocycles. The first-order valence-electron chi connectivity index (χ1n) is 7.28. The highest BCUT2D eigenvalue weighted by atomic mass is 32.2. The van der Waals surface area contributed by atoms with Crippen LogP contribution in [-0.2, 0) is 11.0 Å². The van der Waals surface area contributed by atoms with E-state index in [9.17, 15) is 22.8 Å². The van der Waals surface area contributed by atoms with E-state index in [0.29, 0.717) is 17.4 Å². The lowest BCUT2D eigenvalue weighted by molar-refractivity contribution is -0.137. The van der Waals surface area contributed by atoms with Gasteiger partial charge in [0.1, 0.15) is 0 Å². The number of carbonyl (C=O) groups is 2. The van der Waals surface area contributed by atoms with E-state index in [4.69, 9.17) is 0 Å². The average Bonchev–Trinajstić information content (AvgIpc) is 2.81. The molecule has 0 atom stereocenters. The Morgan fingerprint density at radius 3 is 2.44 bits per heavy atom. The lowest BCUT2D eigenvalue weighted by Gasteiger charge is -2.13. The number of carbonyl (C=O) groups excluding carboxylic acids is 2. The first-order chi connectivity index (χ1) is 11.8. The second kappa shape index (κ2) is 6.40. The first-order valence-corrected chi connectivity index (χ1v) is 8.10. The van der Waals surface area contributed by atoms with Crippen LogP contribution < -0.4 is 4.90 Å². The van der Waals surface area contributed by atoms with Crippen molar-refractivity contribution < 1.29 is 22.8 Å². The fraction of sp³-hybridized carbons (Fsp3) is 0.111. The maximum absolute atomic E-state index is 13.1. The molecule has 1 aliphatic rings. The van der Waals surface area contributed by atoms with Crippen molar-refractivity contribution in [2.75, 3.05) is 4.90 Å². The number of nitrogens with zero attached hydrogens (tertiary/aromatic N) is 1. The van der Waals surface area contributed by atoms with Gasteiger partial charge in [-0.25, -0.2) is 4.90 Å². The van der Waals surface area contributed by atoms with Crippen LogP contribution in [0, 0.1) is 6.92 Å². The maximum atomic E-state index is 13.1. The minimum Gasteiger partial charge on any atom is -0.268 e. The second-order valence-electron chi connectivity index (χ2n) is 5.44. The van der Waals surface area contributed by atoms with E-state index in [1.54, 1.807) is 18.2 Å². The molecule has 3 nitrogen and oxygen atoms in total. The molecular weight excluding hydrogens is 351 g/mol. The topological polar surface area (TPSA) is 37.4 Å². The van der Waals surface area contributed by atoms with Crippen LogP contribution in [-0.4, -0.2) is 11.1 Å². The highest BCUT2D eigenvalue weighted by Gasteiger charge is 2.38. The van der Waals surface area contributed by atoms with E-state index in [-0.39, 0.29) is 10.5 Å². The number of hydrogen-bond acceptors (Lipinski definition) is 3. The standard InChI is InChI=1S/C18H12F3NO2S/c1-11-5-4-7-13(9-11)22-16(23)15(25-17(22)24)10-12-6-2-3-8-14(12)18(19,20)21/h2-10H,1H3. The molecule has 2 aromatic rings. The Morgan fingerprint density at radius 1 is 1.04 bits per heavy atom. The van der Waals surface area contributed by atoms with Crippen molar-refractivity contribution in [3.05, 3.63) is 70.1 Å². The molecule has 2 amide bonds. The zero-order valence-electron chi connectivity index (χ0n) is 13.0. The zero-order valence-corrected chi connectivity index (χ0v) is 13.8. The number of alkyl halides is 3. The predicted molar refractivity (Wildman–Crippen MR) is 91.1 cm³/mol. The molecule has 0 bridgehead atoms. The number of aryl methyl sites for hydroxylation is 1. The quantitative estimate of drug-likeness (QED) is 0.684. The highest BCUT2D eigenvalue weighted by Crippen LogP contribution is 2.38. The fourth-order valence-corrected chi connectivity index (χ4v) is 3.31. The monoisotopic (exact) mass is 363 g/mol. The van der Waals surface area contributed by atoms with Gasteiger partial charge in [0.15, 0.2) is 0 Å². The molecule has 0 spiro atoms. The molecule has 0 aromatic heterocycles. The van der Waals surface area contributed by atoms with Gasteiger partial charge in [-0.2, -0.15) is 13.2 Å². The summed E-state index contributed by atoms with van der Waals surface area (Å²) >= 11 is 0.628. The minimum atomic E-state index is -4.54. The number of anilines is 1. The molecular formula is C18H12F3NO2S. The smallest absolute Gasteiger partial charge is 0.268 e. The molecule has 1 aliphatic heterocycles. The summed E-state index contributed by atoms with van der Waals surface area (Å²) in [5.74, 6) is -0.627. The Balaban J connectivity index is 2.00. The van der Waals surface area contributed by atoms with Crippen molar-refractivity contribution in [3.63, 3.8) is 0 Å². The van der Waals surface area contributed by atoms with Crippen LogP contribution in [0.1, 0.15) is 16.7 Å². The van der Waals surface area contributed by atoms with E-state index in [2.05, 4.69) is 0 Å². The van der Waals surface area contributed by atoms with Crippen molar-refractivity contribution in [2.45, 2.75) is 13.1 Å². The van der Waals surface area contributed by atoms with Crippen molar-refractivity contribution in [1.82, 2.24) is 0 Å². The molecule has 0 N–H and O–H groups in total. The molecule has 1 fully saturated rings. The summed E-state index contributed by atoms with van der Waals surface area (Å²) in [6.45, 7) is 1.82. The van der Waals surface area contributed by atoms with Crippen LogP contribution in [0.2, 0.25) is 0 Å². The van der Waals surface area contributed by atoms with Crippen LogP contribution in [0.5, 0.6) is 0 Å². The summed E-state index contributed by atoms with van der Waals surface area (Å²) in [5.41, 5.74) is 0.264. The van der Waals surface area contributed by atoms with Crippen LogP contribution in [0.3, 0.4) is 0 Å². The van der Waals surface area contributed by atoms with Crippen molar-refractivity contribution in [2.24, 2.45) is 0 Å². The molecule has 0 saturated carbocycles. The van der Waals surface area contributed by atoms with E-state index in [1.165, 1.54) is 18.2 Å². The summed E-state index contributed by atoms with van der Waals surface area (Å²) in [7, 11) is 0. The van der Waals surface area contributed by atoms with Gasteiger partial charge in [0.25, 0.3) is 11.1 Å². The van der Waals surface area contributed by atoms with E-state index in [0.717, 1.165) is 22.6 Å². The van der Waals surface area contributed by atoms with E-state index < -0.39 is 22.9 Å². The third-order valence-electron chi connectivity index (χ3n) is 3.61. The Bertz CT molecular complexity index is 890. The summed E-state index contributed by atoms with van der Waals surface area (Å²) in [5, 5.41) is -0.536. The molecule has 128 valence electrons. The number of imide groups is 1. The highest BCUT2D eigenvalue weighted by molar-refractivity contribution is 8.19. The van der Waals surface area contributed by atoms with E-state index >= 15 is 0 Å². The SMILES string of the molecule is Cc1cccc(N2C(=O)SC(=Cc3ccccc3C(F)(F)F)C2=O)c1. The third-order valence-corrected chi connectivity index (χ3v) is 4.48. The Kier molecular flexibility index (Phi) is 4.43. The average molecular weight is 363 g/mol. The summed E-state index contributed by atoms with van der Waals surface area (Å²) in [6.07, 6.45) is -3.43. The minimum absolute atomic E-state index is 0.0387. The molecule has 1 heterocycles. The Morgan fingerprint density at radius 2 is 1.76 bits per heavy atom. The number of thioether (sulfide) groups is 1. The molecule has 7 heteroatoms.